The Balaban J connectivity index is 3.07. The first kappa shape index (κ1) is 8.01. The van der Waals surface area contributed by atoms with Crippen molar-refractivity contribution < 1.29 is 0 Å². The molecule has 3 nitrogen and oxygen atoms in total. The highest BCUT2D eigenvalue weighted by molar-refractivity contribution is 5.10. The van der Waals surface area contributed by atoms with E-state index >= 15 is 0 Å². The van der Waals surface area contributed by atoms with E-state index in [9.17, 15) is 4.79 Å². The largest absolute Gasteiger partial charge is 0.330 e. The molecule has 60 valence electrons. The summed E-state index contributed by atoms with van der Waals surface area (Å²) >= 11 is 0. The van der Waals surface area contributed by atoms with Crippen molar-refractivity contribution in [2.45, 2.75) is 6.42 Å². The summed E-state index contributed by atoms with van der Waals surface area (Å²) < 4.78 is 1.56. The van der Waals surface area contributed by atoms with Crippen LogP contribution in [0, 0.1) is 0 Å². The summed E-state index contributed by atoms with van der Waals surface area (Å²) in [5, 5.41) is 0. The Morgan fingerprint density at radius 2 is 2.36 bits per heavy atom. The summed E-state index contributed by atoms with van der Waals surface area (Å²) in [6, 6.07) is 3.67. The lowest BCUT2D eigenvalue weighted by Gasteiger charge is -1.99. The third-order valence-corrected chi connectivity index (χ3v) is 1.62. The number of hydrogen-bond donors (Lipinski definition) is 1. The second-order valence-electron chi connectivity index (χ2n) is 2.49. The molecule has 0 unspecified atom stereocenters. The number of hydrogen-bond acceptors (Lipinski definition) is 2. The third kappa shape index (κ3) is 1.68. The first-order chi connectivity index (χ1) is 5.25. The van der Waals surface area contributed by atoms with Gasteiger partial charge in [0.25, 0.3) is 5.56 Å². The molecule has 1 aromatic rings. The van der Waals surface area contributed by atoms with Crippen LogP contribution in [-0.4, -0.2) is 11.1 Å². The van der Waals surface area contributed by atoms with Crippen molar-refractivity contribution in [2.75, 3.05) is 6.54 Å². The molecule has 0 aliphatic rings. The third-order valence-electron chi connectivity index (χ3n) is 1.62. The summed E-state index contributed by atoms with van der Waals surface area (Å²) in [6.45, 7) is 0.527. The van der Waals surface area contributed by atoms with Gasteiger partial charge in [-0.1, -0.05) is 6.07 Å². The molecule has 0 aliphatic carbocycles. The van der Waals surface area contributed by atoms with E-state index in [1.807, 2.05) is 12.1 Å². The van der Waals surface area contributed by atoms with Gasteiger partial charge in [-0.15, -0.1) is 0 Å². The molecule has 0 saturated carbocycles. The van der Waals surface area contributed by atoms with Crippen molar-refractivity contribution in [3.8, 4) is 0 Å². The van der Waals surface area contributed by atoms with Crippen molar-refractivity contribution in [2.24, 2.45) is 12.8 Å². The monoisotopic (exact) mass is 152 g/mol. The fraction of sp³-hybridized carbons (Fsp3) is 0.375. The van der Waals surface area contributed by atoms with Gasteiger partial charge in [-0.05, 0) is 19.0 Å². The van der Waals surface area contributed by atoms with Gasteiger partial charge in [0.15, 0.2) is 0 Å². The van der Waals surface area contributed by atoms with Crippen LogP contribution in [0.3, 0.4) is 0 Å². The Kier molecular flexibility index (Phi) is 2.44. The molecule has 2 N–H and O–H groups in total. The van der Waals surface area contributed by atoms with Crippen molar-refractivity contribution in [3.05, 3.63) is 34.2 Å². The predicted molar refractivity (Wildman–Crippen MR) is 44.4 cm³/mol. The van der Waals surface area contributed by atoms with Gasteiger partial charge in [-0.25, -0.2) is 0 Å². The van der Waals surface area contributed by atoms with Crippen molar-refractivity contribution >= 4 is 0 Å². The SMILES string of the molecule is Cn1cccc(CCN)c1=O. The minimum absolute atomic E-state index is 0.0537. The number of rotatable bonds is 2. The molecular formula is C8H12N2O. The molecule has 0 radical (unpaired) electrons. The van der Waals surface area contributed by atoms with Crippen LogP contribution in [0.2, 0.25) is 0 Å². The Hall–Kier alpha value is -1.09. The average Bonchev–Trinajstić information content (AvgIpc) is 1.99. The van der Waals surface area contributed by atoms with E-state index < -0.39 is 0 Å². The van der Waals surface area contributed by atoms with Gasteiger partial charge in [0.1, 0.15) is 0 Å². The number of pyridine rings is 1. The molecule has 1 heterocycles. The topological polar surface area (TPSA) is 48.0 Å². The van der Waals surface area contributed by atoms with E-state index in [0.29, 0.717) is 13.0 Å². The Morgan fingerprint density at radius 3 is 3.00 bits per heavy atom. The number of nitrogens with two attached hydrogens (primary N) is 1. The molecule has 0 saturated heterocycles. The van der Waals surface area contributed by atoms with E-state index in [1.165, 1.54) is 0 Å². The van der Waals surface area contributed by atoms with E-state index in [-0.39, 0.29) is 5.56 Å². The standard InChI is InChI=1S/C8H12N2O/c1-10-6-2-3-7(4-5-9)8(10)11/h2-3,6H,4-5,9H2,1H3. The molecule has 11 heavy (non-hydrogen) atoms. The highest BCUT2D eigenvalue weighted by Gasteiger charge is 1.97. The second-order valence-corrected chi connectivity index (χ2v) is 2.49. The zero-order chi connectivity index (χ0) is 8.27. The van der Waals surface area contributed by atoms with Gasteiger partial charge in [0, 0.05) is 18.8 Å². The van der Waals surface area contributed by atoms with Gasteiger partial charge in [0.05, 0.1) is 0 Å². The summed E-state index contributed by atoms with van der Waals surface area (Å²) in [6.07, 6.45) is 2.40. The number of nitrogens with zero attached hydrogens (tertiary/aromatic N) is 1. The van der Waals surface area contributed by atoms with Crippen molar-refractivity contribution in [3.63, 3.8) is 0 Å². The summed E-state index contributed by atoms with van der Waals surface area (Å²) in [4.78, 5) is 11.3. The zero-order valence-corrected chi connectivity index (χ0v) is 6.58. The highest BCUT2D eigenvalue weighted by atomic mass is 16.1. The maximum atomic E-state index is 11.3. The molecule has 0 amide bonds. The minimum Gasteiger partial charge on any atom is -0.330 e. The number of aryl methyl sites for hydroxylation is 1. The van der Waals surface area contributed by atoms with Gasteiger partial charge in [0.2, 0.25) is 0 Å². The average molecular weight is 152 g/mol. The molecule has 0 spiro atoms. The summed E-state index contributed by atoms with van der Waals surface area (Å²) in [5.74, 6) is 0. The van der Waals surface area contributed by atoms with E-state index in [0.717, 1.165) is 5.56 Å². The van der Waals surface area contributed by atoms with Crippen LogP contribution in [0.15, 0.2) is 23.1 Å². The van der Waals surface area contributed by atoms with Crippen LogP contribution in [0.1, 0.15) is 5.56 Å². The molecule has 1 rings (SSSR count). The lowest BCUT2D eigenvalue weighted by molar-refractivity contribution is 0.822. The summed E-state index contributed by atoms with van der Waals surface area (Å²) in [7, 11) is 1.74. The molecule has 0 fully saturated rings. The fourth-order valence-electron chi connectivity index (χ4n) is 1.000. The normalized spacial score (nSPS) is 10.0. The molecule has 0 atom stereocenters. The minimum atomic E-state index is 0.0537. The van der Waals surface area contributed by atoms with Gasteiger partial charge in [-0.3, -0.25) is 4.79 Å². The van der Waals surface area contributed by atoms with Crippen LogP contribution < -0.4 is 11.3 Å². The van der Waals surface area contributed by atoms with E-state index in [2.05, 4.69) is 0 Å². The van der Waals surface area contributed by atoms with Crippen molar-refractivity contribution in [1.29, 1.82) is 0 Å². The van der Waals surface area contributed by atoms with E-state index in [4.69, 9.17) is 5.73 Å². The molecule has 0 aromatic carbocycles. The zero-order valence-electron chi connectivity index (χ0n) is 6.58. The highest BCUT2D eigenvalue weighted by Crippen LogP contribution is 1.89. The lowest BCUT2D eigenvalue weighted by atomic mass is 10.2. The first-order valence-corrected chi connectivity index (χ1v) is 3.60. The molecule has 3 heteroatoms. The van der Waals surface area contributed by atoms with E-state index in [1.54, 1.807) is 17.8 Å². The Bertz CT molecular complexity index is 290. The second kappa shape index (κ2) is 3.34. The van der Waals surface area contributed by atoms with Gasteiger partial charge >= 0.3 is 0 Å². The van der Waals surface area contributed by atoms with Crippen LogP contribution in [0.5, 0.6) is 0 Å². The molecular weight excluding hydrogens is 140 g/mol. The maximum absolute atomic E-state index is 11.3. The van der Waals surface area contributed by atoms with Crippen LogP contribution in [-0.2, 0) is 13.5 Å². The number of aromatic nitrogens is 1. The van der Waals surface area contributed by atoms with Gasteiger partial charge < -0.3 is 10.3 Å². The van der Waals surface area contributed by atoms with Crippen molar-refractivity contribution in [1.82, 2.24) is 4.57 Å². The lowest BCUT2D eigenvalue weighted by Crippen LogP contribution is -2.21. The van der Waals surface area contributed by atoms with Crippen LogP contribution >= 0.6 is 0 Å². The fourth-order valence-corrected chi connectivity index (χ4v) is 1.000. The smallest absolute Gasteiger partial charge is 0.253 e. The summed E-state index contributed by atoms with van der Waals surface area (Å²) in [5.41, 5.74) is 6.17. The van der Waals surface area contributed by atoms with Crippen LogP contribution in [0.25, 0.3) is 0 Å². The first-order valence-electron chi connectivity index (χ1n) is 3.60. The quantitative estimate of drug-likeness (QED) is 0.642. The maximum Gasteiger partial charge on any atom is 0.253 e. The molecule has 0 aliphatic heterocycles. The Labute approximate surface area is 65.5 Å². The molecule has 0 bridgehead atoms. The Morgan fingerprint density at radius 1 is 1.64 bits per heavy atom. The van der Waals surface area contributed by atoms with Gasteiger partial charge in [-0.2, -0.15) is 0 Å². The van der Waals surface area contributed by atoms with Crippen LogP contribution in [0.4, 0.5) is 0 Å². The molecule has 1 aromatic heterocycles. The predicted octanol–water partition coefficient (Wildman–Crippen LogP) is -0.113.